The van der Waals surface area contributed by atoms with Crippen molar-refractivity contribution in [2.24, 2.45) is 5.92 Å². The lowest BCUT2D eigenvalue weighted by Crippen LogP contribution is -2.22. The van der Waals surface area contributed by atoms with E-state index in [0.29, 0.717) is 29.5 Å². The van der Waals surface area contributed by atoms with Crippen LogP contribution >= 0.6 is 11.3 Å². The first-order valence-corrected chi connectivity index (χ1v) is 7.94. The zero-order chi connectivity index (χ0) is 15.4. The molecule has 1 aromatic carbocycles. The molecular formula is C16H16N2O3S. The fourth-order valence-electron chi connectivity index (χ4n) is 2.26. The third kappa shape index (κ3) is 3.52. The van der Waals surface area contributed by atoms with Gasteiger partial charge in [-0.2, -0.15) is 0 Å². The van der Waals surface area contributed by atoms with Gasteiger partial charge in [0, 0.05) is 18.0 Å². The standard InChI is InChI=1S/C16H16N2O3S/c19-15(11-6-7-21-10-11)17-12-3-1-4-13(9-12)18-16(20)14-5-2-8-22-14/h1-5,8-9,11H,6-7,10H2,(H,17,19)(H,18,20)/t11-/m1/s1. The van der Waals surface area contributed by atoms with E-state index in [-0.39, 0.29) is 17.7 Å². The van der Waals surface area contributed by atoms with Crippen LogP contribution in [0, 0.1) is 5.92 Å². The molecule has 22 heavy (non-hydrogen) atoms. The van der Waals surface area contributed by atoms with Crippen molar-refractivity contribution in [2.75, 3.05) is 23.8 Å². The lowest BCUT2D eigenvalue weighted by Gasteiger charge is -2.11. The van der Waals surface area contributed by atoms with Crippen molar-refractivity contribution >= 4 is 34.5 Å². The number of benzene rings is 1. The van der Waals surface area contributed by atoms with Gasteiger partial charge in [0.15, 0.2) is 0 Å². The van der Waals surface area contributed by atoms with Crippen LogP contribution in [0.5, 0.6) is 0 Å². The van der Waals surface area contributed by atoms with E-state index in [1.54, 1.807) is 30.3 Å². The van der Waals surface area contributed by atoms with Crippen molar-refractivity contribution in [2.45, 2.75) is 6.42 Å². The number of nitrogens with one attached hydrogen (secondary N) is 2. The van der Waals surface area contributed by atoms with Crippen LogP contribution in [-0.4, -0.2) is 25.0 Å². The Morgan fingerprint density at radius 1 is 1.14 bits per heavy atom. The molecule has 0 bridgehead atoms. The fourth-order valence-corrected chi connectivity index (χ4v) is 2.88. The lowest BCUT2D eigenvalue weighted by molar-refractivity contribution is -0.119. The minimum atomic E-state index is -0.150. The van der Waals surface area contributed by atoms with Crippen LogP contribution in [0.1, 0.15) is 16.1 Å². The average Bonchev–Trinajstić information content (AvgIpc) is 3.21. The van der Waals surface area contributed by atoms with Crippen LogP contribution in [-0.2, 0) is 9.53 Å². The lowest BCUT2D eigenvalue weighted by atomic mass is 10.1. The van der Waals surface area contributed by atoms with Crippen molar-refractivity contribution in [3.8, 4) is 0 Å². The molecule has 0 aliphatic carbocycles. The maximum atomic E-state index is 12.1. The molecule has 1 aliphatic heterocycles. The van der Waals surface area contributed by atoms with Gasteiger partial charge in [0.2, 0.25) is 5.91 Å². The SMILES string of the molecule is O=C(Nc1cccc(NC(=O)[C@@H]2CCOC2)c1)c1cccs1. The number of ether oxygens (including phenoxy) is 1. The van der Waals surface area contributed by atoms with Crippen LogP contribution < -0.4 is 10.6 Å². The van der Waals surface area contributed by atoms with Gasteiger partial charge in [-0.25, -0.2) is 0 Å². The van der Waals surface area contributed by atoms with E-state index in [9.17, 15) is 9.59 Å². The summed E-state index contributed by atoms with van der Waals surface area (Å²) in [6.45, 7) is 1.11. The molecule has 2 heterocycles. The molecule has 1 aliphatic rings. The number of rotatable bonds is 4. The summed E-state index contributed by atoms with van der Waals surface area (Å²) in [5.41, 5.74) is 1.32. The summed E-state index contributed by atoms with van der Waals surface area (Å²) in [6.07, 6.45) is 0.751. The van der Waals surface area contributed by atoms with Gasteiger partial charge in [0.25, 0.3) is 5.91 Å². The zero-order valence-electron chi connectivity index (χ0n) is 11.9. The topological polar surface area (TPSA) is 67.4 Å². The van der Waals surface area contributed by atoms with Crippen molar-refractivity contribution in [1.82, 2.24) is 0 Å². The van der Waals surface area contributed by atoms with Crippen LogP contribution in [0.4, 0.5) is 11.4 Å². The number of hydrogen-bond donors (Lipinski definition) is 2. The molecule has 3 rings (SSSR count). The second-order valence-corrected chi connectivity index (χ2v) is 6.01. The van der Waals surface area contributed by atoms with Gasteiger partial charge in [0.1, 0.15) is 0 Å². The van der Waals surface area contributed by atoms with Crippen molar-refractivity contribution in [3.05, 3.63) is 46.7 Å². The second-order valence-electron chi connectivity index (χ2n) is 5.06. The van der Waals surface area contributed by atoms with Gasteiger partial charge in [-0.15, -0.1) is 11.3 Å². The Balaban J connectivity index is 1.64. The minimum Gasteiger partial charge on any atom is -0.381 e. The maximum Gasteiger partial charge on any atom is 0.265 e. The monoisotopic (exact) mass is 316 g/mol. The quantitative estimate of drug-likeness (QED) is 0.911. The van der Waals surface area contributed by atoms with Gasteiger partial charge in [0.05, 0.1) is 17.4 Å². The Hall–Kier alpha value is -2.18. The van der Waals surface area contributed by atoms with Gasteiger partial charge in [-0.05, 0) is 36.1 Å². The molecule has 6 heteroatoms. The molecule has 1 aromatic heterocycles. The number of carbonyl (C=O) groups is 2. The third-order valence-electron chi connectivity index (χ3n) is 3.43. The van der Waals surface area contributed by atoms with Crippen LogP contribution in [0.25, 0.3) is 0 Å². The van der Waals surface area contributed by atoms with E-state index >= 15 is 0 Å². The second kappa shape index (κ2) is 6.72. The van der Waals surface area contributed by atoms with Crippen LogP contribution in [0.15, 0.2) is 41.8 Å². The highest BCUT2D eigenvalue weighted by Gasteiger charge is 2.23. The predicted molar refractivity (Wildman–Crippen MR) is 86.3 cm³/mol. The van der Waals surface area contributed by atoms with Crippen molar-refractivity contribution in [1.29, 1.82) is 0 Å². The summed E-state index contributed by atoms with van der Waals surface area (Å²) in [5.74, 6) is -0.286. The summed E-state index contributed by atoms with van der Waals surface area (Å²) in [5, 5.41) is 7.54. The molecule has 5 nitrogen and oxygen atoms in total. The molecule has 0 saturated carbocycles. The van der Waals surface area contributed by atoms with Crippen molar-refractivity contribution in [3.63, 3.8) is 0 Å². The van der Waals surface area contributed by atoms with E-state index in [1.165, 1.54) is 11.3 Å². The molecule has 1 atom stereocenters. The van der Waals surface area contributed by atoms with Crippen LogP contribution in [0.3, 0.4) is 0 Å². The third-order valence-corrected chi connectivity index (χ3v) is 4.30. The van der Waals surface area contributed by atoms with Gasteiger partial charge in [-0.1, -0.05) is 12.1 Å². The summed E-state index contributed by atoms with van der Waals surface area (Å²) < 4.78 is 5.22. The molecule has 1 saturated heterocycles. The number of amides is 2. The Bertz CT molecular complexity index is 664. The number of anilines is 2. The molecule has 0 unspecified atom stereocenters. The molecule has 0 spiro atoms. The largest absolute Gasteiger partial charge is 0.381 e. The summed E-state index contributed by atoms with van der Waals surface area (Å²) >= 11 is 1.39. The van der Waals surface area contributed by atoms with Crippen molar-refractivity contribution < 1.29 is 14.3 Å². The molecule has 1 fully saturated rings. The number of thiophene rings is 1. The van der Waals surface area contributed by atoms with E-state index in [0.717, 1.165) is 6.42 Å². The number of hydrogen-bond acceptors (Lipinski definition) is 4. The Kier molecular flexibility index (Phi) is 4.50. The first-order chi connectivity index (χ1) is 10.7. The summed E-state index contributed by atoms with van der Waals surface area (Å²) in [6, 6.07) is 10.7. The molecule has 2 N–H and O–H groups in total. The van der Waals surface area contributed by atoms with Gasteiger partial charge >= 0.3 is 0 Å². The fraction of sp³-hybridized carbons (Fsp3) is 0.250. The molecule has 0 radical (unpaired) electrons. The van der Waals surface area contributed by atoms with Crippen LogP contribution in [0.2, 0.25) is 0 Å². The highest BCUT2D eigenvalue weighted by Crippen LogP contribution is 2.20. The van der Waals surface area contributed by atoms with Gasteiger partial charge < -0.3 is 15.4 Å². The minimum absolute atomic E-state index is 0.0424. The zero-order valence-corrected chi connectivity index (χ0v) is 12.7. The maximum absolute atomic E-state index is 12.1. The first kappa shape index (κ1) is 14.7. The molecule has 2 aromatic rings. The first-order valence-electron chi connectivity index (χ1n) is 7.06. The van der Waals surface area contributed by atoms with E-state index in [4.69, 9.17) is 4.74 Å². The van der Waals surface area contributed by atoms with Gasteiger partial charge in [-0.3, -0.25) is 9.59 Å². The summed E-state index contributed by atoms with van der Waals surface area (Å²) in [4.78, 5) is 24.7. The van der Waals surface area contributed by atoms with E-state index in [2.05, 4.69) is 10.6 Å². The summed E-state index contributed by atoms with van der Waals surface area (Å²) in [7, 11) is 0. The normalized spacial score (nSPS) is 17.2. The van der Waals surface area contributed by atoms with E-state index < -0.39 is 0 Å². The average molecular weight is 316 g/mol. The smallest absolute Gasteiger partial charge is 0.265 e. The highest BCUT2D eigenvalue weighted by molar-refractivity contribution is 7.12. The van der Waals surface area contributed by atoms with E-state index in [1.807, 2.05) is 11.4 Å². The Morgan fingerprint density at radius 3 is 2.64 bits per heavy atom. The number of carbonyl (C=O) groups excluding carboxylic acids is 2. The molecule has 114 valence electrons. The molecule has 2 amide bonds. The molecular weight excluding hydrogens is 300 g/mol. The Morgan fingerprint density at radius 2 is 1.95 bits per heavy atom. The predicted octanol–water partition coefficient (Wildman–Crippen LogP) is 2.98. The highest BCUT2D eigenvalue weighted by atomic mass is 32.1. The Labute approximate surface area is 132 Å².